The van der Waals surface area contributed by atoms with Crippen molar-refractivity contribution >= 4 is 30.0 Å². The van der Waals surface area contributed by atoms with Crippen molar-refractivity contribution in [3.05, 3.63) is 28.3 Å². The van der Waals surface area contributed by atoms with E-state index in [0.717, 1.165) is 0 Å². The maximum Gasteiger partial charge on any atom is 0.313 e. The van der Waals surface area contributed by atoms with E-state index in [2.05, 4.69) is 0 Å². The summed E-state index contributed by atoms with van der Waals surface area (Å²) in [7, 11) is 1.31. The van der Waals surface area contributed by atoms with Crippen LogP contribution in [0.15, 0.2) is 12.1 Å². The first-order valence-corrected chi connectivity index (χ1v) is 5.92. The van der Waals surface area contributed by atoms with Crippen LogP contribution < -0.4 is 5.73 Å². The molecule has 0 heterocycles. The number of aromatic hydroxyl groups is 1. The molecule has 0 saturated heterocycles. The van der Waals surface area contributed by atoms with Crippen LogP contribution in [-0.4, -0.2) is 18.2 Å². The largest absolute Gasteiger partial charge is 0.507 e. The molecule has 0 aromatic heterocycles. The fourth-order valence-electron chi connectivity index (χ4n) is 1.78. The van der Waals surface area contributed by atoms with Gasteiger partial charge in [0, 0.05) is 16.6 Å². The number of phenolic OH excluding ortho intramolecular Hbond substituents is 1. The zero-order valence-corrected chi connectivity index (χ0v) is 12.9. The van der Waals surface area contributed by atoms with E-state index in [0.29, 0.717) is 16.1 Å². The molecule has 0 unspecified atom stereocenters. The molecule has 0 aliphatic carbocycles. The molecule has 0 aliphatic rings. The number of phenols is 1. The number of methoxy groups -OCH3 is 1. The number of ether oxygens (including phenoxy) is 1. The summed E-state index contributed by atoms with van der Waals surface area (Å²) >= 11 is 5.95. The van der Waals surface area contributed by atoms with Gasteiger partial charge in [-0.25, -0.2) is 0 Å². The molecule has 0 saturated carbocycles. The minimum Gasteiger partial charge on any atom is -0.507 e. The van der Waals surface area contributed by atoms with Crippen molar-refractivity contribution in [1.82, 2.24) is 0 Å². The highest BCUT2D eigenvalue weighted by Crippen LogP contribution is 2.39. The molecule has 0 aliphatic heterocycles. The van der Waals surface area contributed by atoms with E-state index in [1.165, 1.54) is 7.11 Å². The van der Waals surface area contributed by atoms with Crippen LogP contribution in [-0.2, 0) is 9.53 Å². The van der Waals surface area contributed by atoms with Crippen LogP contribution in [0, 0.1) is 12.3 Å². The van der Waals surface area contributed by atoms with Gasteiger partial charge in [-0.1, -0.05) is 11.6 Å². The Bertz CT molecular complexity index is 475. The summed E-state index contributed by atoms with van der Waals surface area (Å²) in [6.45, 7) is 5.06. The second-order valence-corrected chi connectivity index (χ2v) is 5.29. The fourth-order valence-corrected chi connectivity index (χ4v) is 2.06. The number of benzene rings is 1. The number of esters is 1. The van der Waals surface area contributed by atoms with E-state index in [1.807, 2.05) is 0 Å². The maximum absolute atomic E-state index is 11.7. The number of rotatable bonds is 3. The van der Waals surface area contributed by atoms with Gasteiger partial charge in [-0.2, -0.15) is 0 Å². The zero-order chi connectivity index (χ0) is 14.1. The maximum atomic E-state index is 11.7. The van der Waals surface area contributed by atoms with Crippen LogP contribution in [0.3, 0.4) is 0 Å². The van der Waals surface area contributed by atoms with E-state index >= 15 is 0 Å². The Hall–Kier alpha value is -0.970. The third-order valence-corrected chi connectivity index (χ3v) is 3.34. The van der Waals surface area contributed by atoms with Crippen molar-refractivity contribution in [2.24, 2.45) is 11.1 Å². The Morgan fingerprint density at radius 1 is 1.47 bits per heavy atom. The van der Waals surface area contributed by atoms with Crippen LogP contribution in [0.25, 0.3) is 0 Å². The quantitative estimate of drug-likeness (QED) is 0.842. The topological polar surface area (TPSA) is 72.5 Å². The molecule has 4 nitrogen and oxygen atoms in total. The number of carbonyl (C=O) groups is 1. The summed E-state index contributed by atoms with van der Waals surface area (Å²) in [5.74, 6) is -0.379. The molecular weight excluding hydrogens is 289 g/mol. The lowest BCUT2D eigenvalue weighted by atomic mass is 9.80. The molecule has 19 heavy (non-hydrogen) atoms. The van der Waals surface area contributed by atoms with Crippen LogP contribution in [0.2, 0.25) is 5.02 Å². The number of aryl methyl sites for hydroxylation is 1. The lowest BCUT2D eigenvalue weighted by Crippen LogP contribution is -2.37. The first-order chi connectivity index (χ1) is 8.21. The van der Waals surface area contributed by atoms with Gasteiger partial charge in [0.15, 0.2) is 0 Å². The summed E-state index contributed by atoms with van der Waals surface area (Å²) in [4.78, 5) is 11.7. The Labute approximate surface area is 124 Å². The predicted molar refractivity (Wildman–Crippen MR) is 77.8 cm³/mol. The van der Waals surface area contributed by atoms with Crippen molar-refractivity contribution in [2.75, 3.05) is 7.11 Å². The highest BCUT2D eigenvalue weighted by Gasteiger charge is 2.38. The molecule has 0 radical (unpaired) electrons. The molecule has 0 bridgehead atoms. The Kier molecular flexibility index (Phi) is 6.13. The van der Waals surface area contributed by atoms with Gasteiger partial charge in [0.25, 0.3) is 0 Å². The van der Waals surface area contributed by atoms with Gasteiger partial charge in [0.1, 0.15) is 5.75 Å². The lowest BCUT2D eigenvalue weighted by molar-refractivity contribution is -0.152. The van der Waals surface area contributed by atoms with Crippen LogP contribution in [0.4, 0.5) is 0 Å². The molecule has 0 spiro atoms. The van der Waals surface area contributed by atoms with Gasteiger partial charge in [-0.15, -0.1) is 12.4 Å². The lowest BCUT2D eigenvalue weighted by Gasteiger charge is -2.29. The van der Waals surface area contributed by atoms with Crippen LogP contribution in [0.5, 0.6) is 5.75 Å². The van der Waals surface area contributed by atoms with E-state index in [9.17, 15) is 9.90 Å². The molecule has 1 aromatic rings. The smallest absolute Gasteiger partial charge is 0.313 e. The molecule has 1 aromatic carbocycles. The van der Waals surface area contributed by atoms with E-state index in [1.54, 1.807) is 32.9 Å². The van der Waals surface area contributed by atoms with Gasteiger partial charge < -0.3 is 15.6 Å². The number of halogens is 2. The van der Waals surface area contributed by atoms with E-state index in [-0.39, 0.29) is 18.2 Å². The van der Waals surface area contributed by atoms with Gasteiger partial charge in [-0.3, -0.25) is 4.79 Å². The molecule has 3 N–H and O–H groups in total. The number of hydrogen-bond donors (Lipinski definition) is 2. The number of hydrogen-bond acceptors (Lipinski definition) is 4. The normalized spacial score (nSPS) is 12.5. The average Bonchev–Trinajstić information content (AvgIpc) is 2.31. The summed E-state index contributed by atoms with van der Waals surface area (Å²) in [6, 6.07) is 2.50. The van der Waals surface area contributed by atoms with Crippen molar-refractivity contribution in [1.29, 1.82) is 0 Å². The van der Waals surface area contributed by atoms with Crippen molar-refractivity contribution in [2.45, 2.75) is 26.8 Å². The highest BCUT2D eigenvalue weighted by atomic mass is 35.5. The van der Waals surface area contributed by atoms with Crippen LogP contribution >= 0.6 is 24.0 Å². The summed E-state index contributed by atoms with van der Waals surface area (Å²) in [6.07, 6.45) is 0. The summed E-state index contributed by atoms with van der Waals surface area (Å²) < 4.78 is 4.72. The molecule has 1 rings (SSSR count). The Morgan fingerprint density at radius 2 is 2.00 bits per heavy atom. The third-order valence-electron chi connectivity index (χ3n) is 3.12. The first kappa shape index (κ1) is 18.0. The van der Waals surface area contributed by atoms with Gasteiger partial charge >= 0.3 is 5.97 Å². The molecular formula is C13H19Cl2NO3. The first-order valence-electron chi connectivity index (χ1n) is 5.54. The summed E-state index contributed by atoms with van der Waals surface area (Å²) in [5.41, 5.74) is 6.17. The Balaban J connectivity index is 0.00000324. The van der Waals surface area contributed by atoms with Crippen molar-refractivity contribution in [3.63, 3.8) is 0 Å². The molecule has 1 atom stereocenters. The van der Waals surface area contributed by atoms with Gasteiger partial charge in [0.2, 0.25) is 0 Å². The van der Waals surface area contributed by atoms with Crippen molar-refractivity contribution in [3.8, 4) is 5.75 Å². The standard InChI is InChI=1S/C13H18ClNO3.ClH/c1-7-5-8(14)6-9(10(7)16)11(15)13(2,3)12(17)18-4;/h5-6,11,16H,15H2,1-4H3;1H/t11-;/m0./s1. The fraction of sp³-hybridized carbons (Fsp3) is 0.462. The number of nitrogens with two attached hydrogens (primary N) is 1. The molecule has 108 valence electrons. The molecule has 0 fully saturated rings. The van der Waals surface area contributed by atoms with E-state index in [4.69, 9.17) is 22.1 Å². The summed E-state index contributed by atoms with van der Waals surface area (Å²) in [5, 5.41) is 10.5. The Morgan fingerprint density at radius 3 is 2.47 bits per heavy atom. The molecule has 0 amide bonds. The highest BCUT2D eigenvalue weighted by molar-refractivity contribution is 6.30. The SMILES string of the molecule is COC(=O)C(C)(C)[C@@H](N)c1cc(Cl)cc(C)c1O.Cl. The minimum absolute atomic E-state index is 0. The van der Waals surface area contributed by atoms with Gasteiger partial charge in [-0.05, 0) is 38.5 Å². The van der Waals surface area contributed by atoms with Gasteiger partial charge in [0.05, 0.1) is 12.5 Å². The van der Waals surface area contributed by atoms with Crippen LogP contribution in [0.1, 0.15) is 31.0 Å². The van der Waals surface area contributed by atoms with Crippen molar-refractivity contribution < 1.29 is 14.6 Å². The predicted octanol–water partition coefficient (Wildman–Crippen LogP) is 2.97. The third kappa shape index (κ3) is 3.53. The second kappa shape index (κ2) is 6.46. The monoisotopic (exact) mass is 307 g/mol. The second-order valence-electron chi connectivity index (χ2n) is 4.85. The zero-order valence-electron chi connectivity index (χ0n) is 11.4. The average molecular weight is 308 g/mol. The number of carbonyl (C=O) groups excluding carboxylic acids is 1. The van der Waals surface area contributed by atoms with E-state index < -0.39 is 17.4 Å². The minimum atomic E-state index is -0.955. The molecule has 6 heteroatoms.